The lowest BCUT2D eigenvalue weighted by molar-refractivity contribution is 0.0344. The number of anilines is 1. The fourth-order valence-corrected chi connectivity index (χ4v) is 5.03. The first-order valence-electron chi connectivity index (χ1n) is 11.6. The summed E-state index contributed by atoms with van der Waals surface area (Å²) in [6, 6.07) is 0.962. The smallest absolute Gasteiger partial charge is 0.256 e. The van der Waals surface area contributed by atoms with Crippen molar-refractivity contribution in [3.63, 3.8) is 0 Å². The van der Waals surface area contributed by atoms with Gasteiger partial charge in [-0.15, -0.1) is 5.10 Å². The number of alkyl halides is 2. The van der Waals surface area contributed by atoms with Crippen LogP contribution in [-0.4, -0.2) is 54.8 Å². The van der Waals surface area contributed by atoms with Gasteiger partial charge in [0.2, 0.25) is 6.43 Å². The van der Waals surface area contributed by atoms with Crippen LogP contribution in [-0.2, 0) is 0 Å². The largest absolute Gasteiger partial charge is 0.366 e. The standard InChI is InChI=1S/C23H20ClF5N8O/c1-2-10-3-4-35(9-13(10)19(28)29)22-17(36-8-11(7-31-36)20(30)38)18(24)32-23-33-21(34-37(22)23)16-14(26)5-12(25)6-15(16)27/h5-8,10,13,19H,2-4,9H2,1H3,(H2,30,38). The number of rotatable bonds is 6. The van der Waals surface area contributed by atoms with Crippen molar-refractivity contribution in [3.05, 3.63) is 52.7 Å². The predicted molar refractivity (Wildman–Crippen MR) is 127 cm³/mol. The minimum Gasteiger partial charge on any atom is -0.366 e. The van der Waals surface area contributed by atoms with Crippen LogP contribution in [0.5, 0.6) is 0 Å². The van der Waals surface area contributed by atoms with E-state index < -0.39 is 47.1 Å². The van der Waals surface area contributed by atoms with E-state index >= 15 is 0 Å². The zero-order valence-electron chi connectivity index (χ0n) is 19.8. The molecule has 9 nitrogen and oxygen atoms in total. The van der Waals surface area contributed by atoms with Gasteiger partial charge in [-0.2, -0.15) is 19.6 Å². The average molecular weight is 555 g/mol. The van der Waals surface area contributed by atoms with E-state index in [1.54, 1.807) is 4.90 Å². The fourth-order valence-electron chi connectivity index (χ4n) is 4.78. The van der Waals surface area contributed by atoms with Crippen molar-refractivity contribution in [2.45, 2.75) is 26.2 Å². The van der Waals surface area contributed by atoms with Gasteiger partial charge in [0.25, 0.3) is 11.7 Å². The summed E-state index contributed by atoms with van der Waals surface area (Å²) in [6.07, 6.45) is 0.828. The summed E-state index contributed by atoms with van der Waals surface area (Å²) in [5, 5.41) is 8.12. The molecule has 0 bridgehead atoms. The highest BCUT2D eigenvalue weighted by Gasteiger charge is 2.37. The Labute approximate surface area is 217 Å². The predicted octanol–water partition coefficient (Wildman–Crippen LogP) is 4.26. The number of nitrogens with two attached hydrogens (primary N) is 1. The summed E-state index contributed by atoms with van der Waals surface area (Å²) in [5.74, 6) is -6.15. The molecule has 1 aromatic carbocycles. The van der Waals surface area contributed by atoms with Crippen molar-refractivity contribution < 1.29 is 26.7 Å². The molecule has 3 aromatic heterocycles. The summed E-state index contributed by atoms with van der Waals surface area (Å²) < 4.78 is 72.9. The molecular formula is C23H20ClF5N8O. The van der Waals surface area contributed by atoms with Crippen LogP contribution in [0.15, 0.2) is 24.5 Å². The van der Waals surface area contributed by atoms with E-state index in [2.05, 4.69) is 20.2 Å². The van der Waals surface area contributed by atoms with Gasteiger partial charge in [0.15, 0.2) is 16.8 Å². The third-order valence-electron chi connectivity index (χ3n) is 6.68. The Kier molecular flexibility index (Phi) is 6.67. The Balaban J connectivity index is 1.75. The van der Waals surface area contributed by atoms with Crippen molar-refractivity contribution >= 4 is 29.1 Å². The molecule has 0 saturated carbocycles. The lowest BCUT2D eigenvalue weighted by Gasteiger charge is -2.39. The number of halogens is 6. The topological polar surface area (TPSA) is 107 Å². The number of amides is 1. The van der Waals surface area contributed by atoms with E-state index in [0.29, 0.717) is 31.5 Å². The number of carbonyl (C=O) groups excluding carboxylic acids is 1. The molecule has 15 heteroatoms. The number of fused-ring (bicyclic) bond motifs is 1. The van der Waals surface area contributed by atoms with E-state index in [1.807, 2.05) is 6.92 Å². The van der Waals surface area contributed by atoms with Gasteiger partial charge in [-0.3, -0.25) is 4.79 Å². The molecule has 2 N–H and O–H groups in total. The zero-order chi connectivity index (χ0) is 27.3. The van der Waals surface area contributed by atoms with Crippen molar-refractivity contribution in [2.24, 2.45) is 17.6 Å². The van der Waals surface area contributed by atoms with Crippen LogP contribution in [0.25, 0.3) is 22.9 Å². The number of hydrogen-bond donors (Lipinski definition) is 1. The molecule has 0 aliphatic carbocycles. The maximum Gasteiger partial charge on any atom is 0.256 e. The highest BCUT2D eigenvalue weighted by atomic mass is 35.5. The fraction of sp³-hybridized carbons (Fsp3) is 0.348. The number of primary amides is 1. The molecule has 4 heterocycles. The van der Waals surface area contributed by atoms with Gasteiger partial charge in [-0.1, -0.05) is 24.9 Å². The van der Waals surface area contributed by atoms with Crippen LogP contribution >= 0.6 is 11.6 Å². The van der Waals surface area contributed by atoms with E-state index in [-0.39, 0.29) is 40.5 Å². The van der Waals surface area contributed by atoms with Crippen LogP contribution in [0.4, 0.5) is 27.8 Å². The molecule has 1 amide bonds. The number of aromatic nitrogens is 6. The molecule has 0 spiro atoms. The maximum absolute atomic E-state index is 14.5. The average Bonchev–Trinajstić information content (AvgIpc) is 3.49. The molecule has 0 radical (unpaired) electrons. The second kappa shape index (κ2) is 9.82. The van der Waals surface area contributed by atoms with E-state index in [0.717, 1.165) is 4.52 Å². The van der Waals surface area contributed by atoms with Crippen molar-refractivity contribution in [3.8, 4) is 17.1 Å². The first-order chi connectivity index (χ1) is 18.1. The maximum atomic E-state index is 14.5. The van der Waals surface area contributed by atoms with Gasteiger partial charge in [0.05, 0.1) is 17.3 Å². The second-order valence-corrected chi connectivity index (χ2v) is 9.26. The van der Waals surface area contributed by atoms with Gasteiger partial charge < -0.3 is 10.6 Å². The number of carbonyl (C=O) groups is 1. The summed E-state index contributed by atoms with van der Waals surface area (Å²) in [7, 11) is 0. The second-order valence-electron chi connectivity index (χ2n) is 8.91. The number of piperidine rings is 1. The van der Waals surface area contributed by atoms with Crippen LogP contribution < -0.4 is 10.6 Å². The van der Waals surface area contributed by atoms with Crippen molar-refractivity contribution in [1.82, 2.24) is 29.4 Å². The van der Waals surface area contributed by atoms with Gasteiger partial charge in [0.1, 0.15) is 23.1 Å². The third kappa shape index (κ3) is 4.42. The minimum absolute atomic E-state index is 0.0389. The molecule has 1 aliphatic heterocycles. The Morgan fingerprint density at radius 1 is 1.21 bits per heavy atom. The van der Waals surface area contributed by atoms with Crippen LogP contribution in [0, 0.1) is 29.3 Å². The van der Waals surface area contributed by atoms with E-state index in [1.165, 1.54) is 17.1 Å². The van der Waals surface area contributed by atoms with Crippen LogP contribution in [0.3, 0.4) is 0 Å². The third-order valence-corrected chi connectivity index (χ3v) is 6.94. The molecule has 200 valence electrons. The molecule has 2 atom stereocenters. The quantitative estimate of drug-likeness (QED) is 0.282. The highest BCUT2D eigenvalue weighted by Crippen LogP contribution is 2.38. The van der Waals surface area contributed by atoms with Crippen molar-refractivity contribution in [2.75, 3.05) is 18.0 Å². The molecule has 5 rings (SSSR count). The van der Waals surface area contributed by atoms with Gasteiger partial charge in [-0.25, -0.2) is 26.6 Å². The first-order valence-corrected chi connectivity index (χ1v) is 12.0. The summed E-state index contributed by atoms with van der Waals surface area (Å²) in [4.78, 5) is 21.5. The Hall–Kier alpha value is -3.81. The molecule has 1 fully saturated rings. The van der Waals surface area contributed by atoms with Crippen LogP contribution in [0.2, 0.25) is 5.15 Å². The molecule has 1 saturated heterocycles. The Morgan fingerprint density at radius 3 is 2.53 bits per heavy atom. The van der Waals surface area contributed by atoms with Gasteiger partial charge in [0, 0.05) is 37.3 Å². The van der Waals surface area contributed by atoms with E-state index in [9.17, 15) is 26.7 Å². The molecule has 4 aromatic rings. The highest BCUT2D eigenvalue weighted by molar-refractivity contribution is 6.31. The van der Waals surface area contributed by atoms with Gasteiger partial charge >= 0.3 is 0 Å². The summed E-state index contributed by atoms with van der Waals surface area (Å²) >= 11 is 6.50. The normalized spacial score (nSPS) is 18.1. The zero-order valence-corrected chi connectivity index (χ0v) is 20.5. The molecule has 1 aliphatic rings. The minimum atomic E-state index is -2.61. The lowest BCUT2D eigenvalue weighted by Crippen LogP contribution is -2.44. The number of hydrogen-bond acceptors (Lipinski definition) is 6. The van der Waals surface area contributed by atoms with Crippen molar-refractivity contribution in [1.29, 1.82) is 0 Å². The Morgan fingerprint density at radius 2 is 1.92 bits per heavy atom. The molecule has 2 unspecified atom stereocenters. The van der Waals surface area contributed by atoms with Crippen LogP contribution in [0.1, 0.15) is 30.1 Å². The van der Waals surface area contributed by atoms with Gasteiger partial charge in [-0.05, 0) is 12.3 Å². The first kappa shape index (κ1) is 25.8. The SMILES string of the molecule is CCC1CCN(c2c(-n3cc(C(N)=O)cn3)c(Cl)nc3nc(-c4c(F)cc(F)cc4F)nn23)CC1C(F)F. The number of benzene rings is 1. The van der Waals surface area contributed by atoms with E-state index in [4.69, 9.17) is 17.3 Å². The Bertz CT molecular complexity index is 1520. The molecule has 38 heavy (non-hydrogen) atoms. The summed E-state index contributed by atoms with van der Waals surface area (Å²) in [5.41, 5.74) is 4.74. The summed E-state index contributed by atoms with van der Waals surface area (Å²) in [6.45, 7) is 2.05. The monoisotopic (exact) mass is 554 g/mol. The molecular weight excluding hydrogens is 535 g/mol. The lowest BCUT2D eigenvalue weighted by atomic mass is 9.84. The number of nitrogens with zero attached hydrogens (tertiary/aromatic N) is 7.